The first-order valence-electron chi connectivity index (χ1n) is 6.89. The van der Waals surface area contributed by atoms with E-state index in [9.17, 15) is 4.79 Å². The predicted octanol–water partition coefficient (Wildman–Crippen LogP) is 0.711. The maximum absolute atomic E-state index is 12.8. The number of fused-ring (bicyclic) bond motifs is 1. The monoisotopic (exact) mass is 273 g/mol. The summed E-state index contributed by atoms with van der Waals surface area (Å²) in [6.45, 7) is 6.40. The van der Waals surface area contributed by atoms with Gasteiger partial charge >= 0.3 is 0 Å². The van der Waals surface area contributed by atoms with E-state index in [2.05, 4.69) is 22.3 Å². The van der Waals surface area contributed by atoms with Crippen molar-refractivity contribution in [1.29, 1.82) is 0 Å². The molecule has 0 unspecified atom stereocenters. The average molecular weight is 273 g/mol. The highest BCUT2D eigenvalue weighted by atomic mass is 16.2. The highest BCUT2D eigenvalue weighted by molar-refractivity contribution is 6.05. The largest absolute Gasteiger partial charge is 0.333 e. The van der Waals surface area contributed by atoms with Crippen LogP contribution in [-0.2, 0) is 7.05 Å². The molecule has 6 heteroatoms. The van der Waals surface area contributed by atoms with Gasteiger partial charge in [-0.3, -0.25) is 9.48 Å². The molecule has 0 spiro atoms. The van der Waals surface area contributed by atoms with Gasteiger partial charge in [0.05, 0.1) is 17.1 Å². The molecule has 1 atom stereocenters. The molecule has 1 saturated heterocycles. The molecule has 106 valence electrons. The normalized spacial score (nSPS) is 19.6. The molecule has 20 heavy (non-hydrogen) atoms. The Balaban J connectivity index is 2.07. The fraction of sp³-hybridized carbons (Fsp3) is 0.500. The maximum Gasteiger partial charge on any atom is 0.255 e. The van der Waals surface area contributed by atoms with Gasteiger partial charge in [-0.2, -0.15) is 5.10 Å². The lowest BCUT2D eigenvalue weighted by Crippen LogP contribution is -2.52. The number of amides is 1. The zero-order valence-electron chi connectivity index (χ0n) is 12.1. The van der Waals surface area contributed by atoms with Crippen LogP contribution in [0.15, 0.2) is 12.3 Å². The van der Waals surface area contributed by atoms with Crippen LogP contribution in [0.25, 0.3) is 11.0 Å². The van der Waals surface area contributed by atoms with E-state index in [1.807, 2.05) is 24.9 Å². The van der Waals surface area contributed by atoms with E-state index >= 15 is 0 Å². The van der Waals surface area contributed by atoms with Crippen molar-refractivity contribution in [1.82, 2.24) is 25.0 Å². The van der Waals surface area contributed by atoms with E-state index in [0.29, 0.717) is 5.56 Å². The topological polar surface area (TPSA) is 63.1 Å². The van der Waals surface area contributed by atoms with E-state index in [1.54, 1.807) is 10.9 Å². The Labute approximate surface area is 117 Å². The third kappa shape index (κ3) is 2.06. The van der Waals surface area contributed by atoms with Crippen molar-refractivity contribution >= 4 is 16.9 Å². The van der Waals surface area contributed by atoms with Crippen LogP contribution in [-0.4, -0.2) is 51.2 Å². The molecule has 6 nitrogen and oxygen atoms in total. The Morgan fingerprint density at radius 1 is 1.50 bits per heavy atom. The minimum atomic E-state index is 0.0718. The number of aromatic nitrogens is 3. The number of piperazine rings is 1. The second-order valence-corrected chi connectivity index (χ2v) is 5.37. The van der Waals surface area contributed by atoms with Crippen LogP contribution < -0.4 is 5.32 Å². The van der Waals surface area contributed by atoms with Gasteiger partial charge < -0.3 is 10.2 Å². The van der Waals surface area contributed by atoms with Crippen molar-refractivity contribution < 1.29 is 4.79 Å². The molecule has 0 radical (unpaired) electrons. The zero-order valence-corrected chi connectivity index (χ0v) is 12.1. The summed E-state index contributed by atoms with van der Waals surface area (Å²) < 4.78 is 1.71. The van der Waals surface area contributed by atoms with Crippen molar-refractivity contribution in [3.63, 3.8) is 0 Å². The highest BCUT2D eigenvalue weighted by Crippen LogP contribution is 2.20. The number of pyridine rings is 1. The zero-order chi connectivity index (χ0) is 14.3. The predicted molar refractivity (Wildman–Crippen MR) is 76.6 cm³/mol. The third-order valence-corrected chi connectivity index (χ3v) is 3.83. The molecule has 1 N–H and O–H groups in total. The van der Waals surface area contributed by atoms with E-state index < -0.39 is 0 Å². The summed E-state index contributed by atoms with van der Waals surface area (Å²) in [6.07, 6.45) is 1.72. The van der Waals surface area contributed by atoms with Gasteiger partial charge in [-0.05, 0) is 19.9 Å². The molecule has 0 bridgehead atoms. The van der Waals surface area contributed by atoms with Crippen molar-refractivity contribution in [3.05, 3.63) is 23.5 Å². The number of carbonyl (C=O) groups excluding carboxylic acids is 1. The van der Waals surface area contributed by atoms with Gasteiger partial charge in [-0.25, -0.2) is 4.98 Å². The Kier molecular flexibility index (Phi) is 3.17. The molecule has 2 aromatic rings. The molecular formula is C14H19N5O. The Morgan fingerprint density at radius 2 is 2.30 bits per heavy atom. The summed E-state index contributed by atoms with van der Waals surface area (Å²) >= 11 is 0. The number of carbonyl (C=O) groups is 1. The molecule has 1 fully saturated rings. The number of nitrogens with one attached hydrogen (secondary N) is 1. The van der Waals surface area contributed by atoms with Crippen molar-refractivity contribution in [2.45, 2.75) is 19.9 Å². The number of aryl methyl sites for hydroxylation is 2. The van der Waals surface area contributed by atoms with Crippen LogP contribution in [0.5, 0.6) is 0 Å². The molecule has 0 aliphatic carbocycles. The van der Waals surface area contributed by atoms with Gasteiger partial charge in [0.15, 0.2) is 5.65 Å². The van der Waals surface area contributed by atoms with Gasteiger partial charge in [0, 0.05) is 38.4 Å². The van der Waals surface area contributed by atoms with Crippen molar-refractivity contribution in [2.24, 2.45) is 7.05 Å². The first kappa shape index (κ1) is 13.1. The lowest BCUT2D eigenvalue weighted by molar-refractivity contribution is 0.0657. The molecule has 0 aromatic carbocycles. The number of hydrogen-bond donors (Lipinski definition) is 1. The fourth-order valence-corrected chi connectivity index (χ4v) is 2.71. The molecule has 3 rings (SSSR count). The van der Waals surface area contributed by atoms with Gasteiger partial charge in [-0.1, -0.05) is 0 Å². The van der Waals surface area contributed by atoms with Crippen LogP contribution in [0.1, 0.15) is 23.0 Å². The highest BCUT2D eigenvalue weighted by Gasteiger charge is 2.26. The van der Waals surface area contributed by atoms with Crippen LogP contribution in [0, 0.1) is 6.92 Å². The molecule has 0 saturated carbocycles. The Bertz CT molecular complexity index is 663. The standard InChI is InChI=1S/C14H19N5O/c1-9-6-11(12-8-16-18(3)13(12)17-9)14(20)19-5-4-15-7-10(19)2/h6,8,10,15H,4-5,7H2,1-3H3/t10-/m0/s1. The molecule has 2 aromatic heterocycles. The SMILES string of the molecule is Cc1cc(C(=O)N2CCNC[C@@H]2C)c2cnn(C)c2n1. The summed E-state index contributed by atoms with van der Waals surface area (Å²) in [7, 11) is 1.84. The lowest BCUT2D eigenvalue weighted by atomic mass is 10.1. The second-order valence-electron chi connectivity index (χ2n) is 5.37. The molecule has 1 aliphatic heterocycles. The van der Waals surface area contributed by atoms with Gasteiger partial charge in [0.25, 0.3) is 5.91 Å². The first-order valence-corrected chi connectivity index (χ1v) is 6.89. The van der Waals surface area contributed by atoms with Crippen LogP contribution >= 0.6 is 0 Å². The van der Waals surface area contributed by atoms with Crippen molar-refractivity contribution in [2.75, 3.05) is 19.6 Å². The summed E-state index contributed by atoms with van der Waals surface area (Å²) in [5, 5.41) is 8.34. The minimum absolute atomic E-state index is 0.0718. The van der Waals surface area contributed by atoms with Crippen LogP contribution in [0.3, 0.4) is 0 Å². The lowest BCUT2D eigenvalue weighted by Gasteiger charge is -2.34. The summed E-state index contributed by atoms with van der Waals surface area (Å²) in [5.74, 6) is 0.0718. The van der Waals surface area contributed by atoms with E-state index in [4.69, 9.17) is 0 Å². The van der Waals surface area contributed by atoms with Crippen molar-refractivity contribution in [3.8, 4) is 0 Å². The summed E-state index contributed by atoms with van der Waals surface area (Å²) in [5.41, 5.74) is 2.30. The van der Waals surface area contributed by atoms with Gasteiger partial charge in [0.1, 0.15) is 0 Å². The molecule has 1 aliphatic rings. The summed E-state index contributed by atoms with van der Waals surface area (Å²) in [6, 6.07) is 2.07. The third-order valence-electron chi connectivity index (χ3n) is 3.83. The number of rotatable bonds is 1. The molecular weight excluding hydrogens is 254 g/mol. The number of nitrogens with zero attached hydrogens (tertiary/aromatic N) is 4. The smallest absolute Gasteiger partial charge is 0.255 e. The minimum Gasteiger partial charge on any atom is -0.333 e. The quantitative estimate of drug-likeness (QED) is 0.831. The van der Waals surface area contributed by atoms with Crippen LogP contribution in [0.4, 0.5) is 0 Å². The van der Waals surface area contributed by atoms with E-state index in [0.717, 1.165) is 36.4 Å². The number of hydrogen-bond acceptors (Lipinski definition) is 4. The first-order chi connectivity index (χ1) is 9.58. The maximum atomic E-state index is 12.8. The molecule has 1 amide bonds. The Hall–Kier alpha value is -1.95. The summed E-state index contributed by atoms with van der Waals surface area (Å²) in [4.78, 5) is 19.2. The fourth-order valence-electron chi connectivity index (χ4n) is 2.71. The van der Waals surface area contributed by atoms with E-state index in [1.165, 1.54) is 0 Å². The van der Waals surface area contributed by atoms with E-state index in [-0.39, 0.29) is 11.9 Å². The van der Waals surface area contributed by atoms with Crippen LogP contribution in [0.2, 0.25) is 0 Å². The second kappa shape index (κ2) is 4.86. The average Bonchev–Trinajstić information content (AvgIpc) is 2.79. The van der Waals surface area contributed by atoms with Gasteiger partial charge in [0.2, 0.25) is 0 Å². The molecule has 3 heterocycles. The van der Waals surface area contributed by atoms with Gasteiger partial charge in [-0.15, -0.1) is 0 Å². The Morgan fingerprint density at radius 3 is 3.05 bits per heavy atom.